The van der Waals surface area contributed by atoms with E-state index in [1.807, 2.05) is 31.2 Å². The quantitative estimate of drug-likeness (QED) is 0.401. The number of ether oxygens (including phenoxy) is 1. The van der Waals surface area contributed by atoms with E-state index in [1.165, 1.54) is 5.39 Å². The van der Waals surface area contributed by atoms with Crippen LogP contribution in [0.1, 0.15) is 12.5 Å². The van der Waals surface area contributed by atoms with E-state index in [1.54, 1.807) is 31.2 Å². The van der Waals surface area contributed by atoms with E-state index in [2.05, 4.69) is 40.6 Å². The Hall–Kier alpha value is -3.51. The second kappa shape index (κ2) is 8.55. The number of carbonyl (C=O) groups excluding carboxylic acids is 1. The van der Waals surface area contributed by atoms with Gasteiger partial charge in [-0.3, -0.25) is 9.79 Å². The molecular weight excluding hydrogens is 420 g/mol. The molecule has 5 nitrogen and oxygen atoms in total. The number of hydrogen-bond acceptors (Lipinski definition) is 5. The van der Waals surface area contributed by atoms with Crippen LogP contribution in [-0.2, 0) is 4.79 Å². The molecule has 5 rings (SSSR count). The number of thioether (sulfide) groups is 1. The lowest BCUT2D eigenvalue weighted by molar-refractivity contribution is -0.115. The summed E-state index contributed by atoms with van der Waals surface area (Å²) in [7, 11) is 1.62. The van der Waals surface area contributed by atoms with E-state index in [4.69, 9.17) is 9.15 Å². The summed E-state index contributed by atoms with van der Waals surface area (Å²) < 4.78 is 11.5. The highest BCUT2D eigenvalue weighted by atomic mass is 32.2. The normalized spacial score (nSPS) is 14.1. The van der Waals surface area contributed by atoms with Crippen LogP contribution in [0.4, 0.5) is 0 Å². The number of aliphatic imine (C=N–C) groups is 1. The van der Waals surface area contributed by atoms with Crippen LogP contribution in [0.5, 0.6) is 5.75 Å². The lowest BCUT2D eigenvalue weighted by Crippen LogP contribution is -2.25. The summed E-state index contributed by atoms with van der Waals surface area (Å²) in [5.41, 5.74) is 4.50. The number of carbonyl (C=O) groups is 1. The van der Waals surface area contributed by atoms with E-state index < -0.39 is 0 Å². The van der Waals surface area contributed by atoms with Crippen molar-refractivity contribution >= 4 is 50.2 Å². The van der Waals surface area contributed by atoms with Gasteiger partial charge in [-0.15, -0.1) is 0 Å². The Kier molecular flexibility index (Phi) is 5.45. The molecule has 0 saturated heterocycles. The maximum Gasteiger partial charge on any atom is 0.250 e. The highest BCUT2D eigenvalue weighted by Crippen LogP contribution is 2.39. The number of amidine groups is 1. The van der Waals surface area contributed by atoms with Gasteiger partial charge in [0.2, 0.25) is 5.91 Å². The molecule has 0 radical (unpaired) electrons. The molecule has 0 fully saturated rings. The average molecular weight is 443 g/mol. The molecule has 1 aliphatic heterocycles. The van der Waals surface area contributed by atoms with E-state index in [0.717, 1.165) is 50.9 Å². The molecule has 0 atom stereocenters. The van der Waals surface area contributed by atoms with Crippen molar-refractivity contribution in [3.8, 4) is 16.9 Å². The molecule has 0 spiro atoms. The first-order valence-electron chi connectivity index (χ1n) is 10.4. The van der Waals surface area contributed by atoms with Gasteiger partial charge in [0, 0.05) is 34.4 Å². The van der Waals surface area contributed by atoms with Crippen molar-refractivity contribution in [1.82, 2.24) is 5.32 Å². The number of nitrogens with zero attached hydrogens (tertiary/aromatic N) is 1. The summed E-state index contributed by atoms with van der Waals surface area (Å²) in [5.74, 6) is 1.37. The van der Waals surface area contributed by atoms with E-state index in [-0.39, 0.29) is 5.91 Å². The third-order valence-electron chi connectivity index (χ3n) is 5.56. The van der Waals surface area contributed by atoms with Gasteiger partial charge in [-0.2, -0.15) is 0 Å². The second-order valence-electron chi connectivity index (χ2n) is 7.58. The van der Waals surface area contributed by atoms with Gasteiger partial charge >= 0.3 is 0 Å². The fourth-order valence-electron chi connectivity index (χ4n) is 4.03. The third-order valence-corrected chi connectivity index (χ3v) is 6.45. The number of rotatable bonds is 4. The first-order chi connectivity index (χ1) is 15.6. The molecule has 0 aliphatic carbocycles. The zero-order valence-electron chi connectivity index (χ0n) is 17.8. The van der Waals surface area contributed by atoms with Crippen LogP contribution in [0, 0.1) is 0 Å². The fraction of sp³-hybridized carbons (Fsp3) is 0.154. The number of nitrogens with one attached hydrogen (secondary N) is 1. The van der Waals surface area contributed by atoms with Crippen LogP contribution in [0.15, 0.2) is 76.3 Å². The molecule has 0 saturated carbocycles. The lowest BCUT2D eigenvalue weighted by Gasteiger charge is -2.11. The summed E-state index contributed by atoms with van der Waals surface area (Å²) in [6.45, 7) is 2.65. The zero-order chi connectivity index (χ0) is 22.1. The number of methoxy groups -OCH3 is 1. The molecule has 4 aromatic rings. The van der Waals surface area contributed by atoms with E-state index >= 15 is 0 Å². The van der Waals surface area contributed by atoms with Crippen molar-refractivity contribution in [2.45, 2.75) is 6.92 Å². The SMILES string of the molecule is COc1cc2occ(-c3cccc4ccccc34)c2cc1/C(C)=C/C(=O)NC1=NCCS1. The number of hydrogen-bond donors (Lipinski definition) is 1. The molecule has 3 aromatic carbocycles. The van der Waals surface area contributed by atoms with Crippen LogP contribution < -0.4 is 10.1 Å². The van der Waals surface area contributed by atoms with Crippen LogP contribution in [0.2, 0.25) is 0 Å². The predicted octanol–water partition coefficient (Wildman–Crippen LogP) is 5.88. The van der Waals surface area contributed by atoms with Gasteiger partial charge in [-0.25, -0.2) is 0 Å². The molecule has 32 heavy (non-hydrogen) atoms. The second-order valence-corrected chi connectivity index (χ2v) is 8.66. The lowest BCUT2D eigenvalue weighted by atomic mass is 9.96. The molecule has 160 valence electrons. The van der Waals surface area contributed by atoms with Crippen LogP contribution in [0.3, 0.4) is 0 Å². The van der Waals surface area contributed by atoms with Gasteiger partial charge < -0.3 is 14.5 Å². The largest absolute Gasteiger partial charge is 0.496 e. The number of benzene rings is 3. The van der Waals surface area contributed by atoms with Gasteiger partial charge in [-0.1, -0.05) is 54.2 Å². The molecule has 0 unspecified atom stereocenters. The van der Waals surface area contributed by atoms with Crippen molar-refractivity contribution in [2.24, 2.45) is 4.99 Å². The Morgan fingerprint density at radius 2 is 1.97 bits per heavy atom. The van der Waals surface area contributed by atoms with Gasteiger partial charge in [0.1, 0.15) is 11.3 Å². The monoisotopic (exact) mass is 442 g/mol. The van der Waals surface area contributed by atoms with Crippen LogP contribution >= 0.6 is 11.8 Å². The first kappa shape index (κ1) is 20.4. The maximum absolute atomic E-state index is 12.5. The minimum Gasteiger partial charge on any atom is -0.496 e. The van der Waals surface area contributed by atoms with Crippen molar-refractivity contribution in [3.05, 3.63) is 72.5 Å². The van der Waals surface area contributed by atoms with E-state index in [0.29, 0.717) is 10.9 Å². The standard InChI is InChI=1S/C26H22N2O3S/c1-16(12-25(29)28-26-27-10-11-32-26)20-13-21-22(15-31-24(21)14-23(20)30-2)19-9-5-7-17-6-3-4-8-18(17)19/h3-9,12-15H,10-11H2,1-2H3,(H,27,28,29)/b16-12+. The van der Waals surface area contributed by atoms with Crippen LogP contribution in [-0.4, -0.2) is 30.5 Å². The summed E-state index contributed by atoms with van der Waals surface area (Å²) in [4.78, 5) is 16.8. The molecule has 2 heterocycles. The minimum atomic E-state index is -0.195. The Balaban J connectivity index is 1.59. The number of fused-ring (bicyclic) bond motifs is 2. The Morgan fingerprint density at radius 3 is 2.78 bits per heavy atom. The van der Waals surface area contributed by atoms with Gasteiger partial charge in [0.25, 0.3) is 0 Å². The minimum absolute atomic E-state index is 0.195. The van der Waals surface area contributed by atoms with Crippen molar-refractivity contribution in [3.63, 3.8) is 0 Å². The maximum atomic E-state index is 12.5. The van der Waals surface area contributed by atoms with Crippen molar-refractivity contribution in [2.75, 3.05) is 19.4 Å². The van der Waals surface area contributed by atoms with Crippen molar-refractivity contribution < 1.29 is 13.9 Å². The molecule has 0 bridgehead atoms. The summed E-state index contributed by atoms with van der Waals surface area (Å²) >= 11 is 1.56. The molecule has 1 aromatic heterocycles. The van der Waals surface area contributed by atoms with Crippen LogP contribution in [0.25, 0.3) is 38.4 Å². The topological polar surface area (TPSA) is 63.8 Å². The van der Waals surface area contributed by atoms with Gasteiger partial charge in [0.15, 0.2) is 5.17 Å². The molecule has 1 amide bonds. The molecule has 1 aliphatic rings. The highest BCUT2D eigenvalue weighted by Gasteiger charge is 2.17. The van der Waals surface area contributed by atoms with Gasteiger partial charge in [-0.05, 0) is 34.9 Å². The fourth-order valence-corrected chi connectivity index (χ4v) is 4.76. The predicted molar refractivity (Wildman–Crippen MR) is 132 cm³/mol. The number of furan rings is 1. The first-order valence-corrected chi connectivity index (χ1v) is 11.4. The summed E-state index contributed by atoms with van der Waals surface area (Å²) in [6, 6.07) is 18.5. The summed E-state index contributed by atoms with van der Waals surface area (Å²) in [5, 5.41) is 6.83. The molecular formula is C26H22N2O3S. The zero-order valence-corrected chi connectivity index (χ0v) is 18.7. The molecule has 6 heteroatoms. The Bertz CT molecular complexity index is 1400. The molecule has 1 N–H and O–H groups in total. The number of amides is 1. The smallest absolute Gasteiger partial charge is 0.250 e. The highest BCUT2D eigenvalue weighted by molar-refractivity contribution is 8.14. The third kappa shape index (κ3) is 3.78. The van der Waals surface area contributed by atoms with E-state index in [9.17, 15) is 4.79 Å². The Morgan fingerprint density at radius 1 is 1.12 bits per heavy atom. The number of allylic oxidation sites excluding steroid dienone is 1. The Labute approximate surface area is 190 Å². The van der Waals surface area contributed by atoms with Gasteiger partial charge in [0.05, 0.1) is 19.9 Å². The average Bonchev–Trinajstić information content (AvgIpc) is 3.47. The van der Waals surface area contributed by atoms with Crippen molar-refractivity contribution in [1.29, 1.82) is 0 Å². The summed E-state index contributed by atoms with van der Waals surface area (Å²) in [6.07, 6.45) is 3.37.